The number of nitrogens with one attached hydrogen (secondary N) is 1. The zero-order valence-electron chi connectivity index (χ0n) is 13.8. The van der Waals surface area contributed by atoms with Crippen LogP contribution in [0.2, 0.25) is 0 Å². The molecule has 0 spiro atoms. The molecule has 124 valence electrons. The van der Waals surface area contributed by atoms with E-state index in [-0.39, 0.29) is 10.8 Å². The van der Waals surface area contributed by atoms with Gasteiger partial charge in [-0.15, -0.1) is 0 Å². The van der Waals surface area contributed by atoms with Crippen molar-refractivity contribution in [1.29, 1.82) is 0 Å². The van der Waals surface area contributed by atoms with Crippen LogP contribution in [-0.4, -0.2) is 20.0 Å². The number of anilines is 1. The minimum atomic E-state index is -3.70. The van der Waals surface area contributed by atoms with Crippen molar-refractivity contribution in [3.8, 4) is 5.75 Å². The summed E-state index contributed by atoms with van der Waals surface area (Å²) in [5.74, 6) is 1.18. The number of aromatic nitrogens is 1. The van der Waals surface area contributed by atoms with Gasteiger partial charge in [0.2, 0.25) is 0 Å². The lowest BCUT2D eigenvalue weighted by atomic mass is 10.0. The minimum Gasteiger partial charge on any atom is -0.494 e. The third-order valence-electron chi connectivity index (χ3n) is 3.42. The van der Waals surface area contributed by atoms with E-state index in [1.807, 2.05) is 20.8 Å². The number of pyridine rings is 1. The Hall–Kier alpha value is -2.08. The minimum absolute atomic E-state index is 0.154. The Morgan fingerprint density at radius 3 is 2.57 bits per heavy atom. The van der Waals surface area contributed by atoms with Gasteiger partial charge >= 0.3 is 0 Å². The molecule has 6 heteroatoms. The largest absolute Gasteiger partial charge is 0.494 e. The molecule has 2 rings (SSSR count). The van der Waals surface area contributed by atoms with Crippen molar-refractivity contribution in [1.82, 2.24) is 4.98 Å². The van der Waals surface area contributed by atoms with E-state index in [0.717, 1.165) is 11.3 Å². The van der Waals surface area contributed by atoms with Gasteiger partial charge in [-0.1, -0.05) is 19.9 Å². The molecule has 0 atom stereocenters. The number of aryl methyl sites for hydroxylation is 1. The third-order valence-corrected chi connectivity index (χ3v) is 4.92. The summed E-state index contributed by atoms with van der Waals surface area (Å²) in [5, 5.41) is 0. The van der Waals surface area contributed by atoms with Crippen LogP contribution < -0.4 is 9.46 Å². The zero-order valence-corrected chi connectivity index (χ0v) is 14.6. The number of sulfonamides is 1. The van der Waals surface area contributed by atoms with Crippen LogP contribution in [0.3, 0.4) is 0 Å². The van der Waals surface area contributed by atoms with Gasteiger partial charge in [0.25, 0.3) is 10.0 Å². The van der Waals surface area contributed by atoms with Crippen molar-refractivity contribution in [3.05, 3.63) is 47.7 Å². The van der Waals surface area contributed by atoms with Crippen LogP contribution in [0, 0.1) is 6.92 Å². The lowest BCUT2D eigenvalue weighted by Gasteiger charge is -2.17. The summed E-state index contributed by atoms with van der Waals surface area (Å²) in [7, 11) is -3.70. The summed E-state index contributed by atoms with van der Waals surface area (Å²) >= 11 is 0. The second-order valence-corrected chi connectivity index (χ2v) is 7.21. The molecular weight excluding hydrogens is 312 g/mol. The quantitative estimate of drug-likeness (QED) is 0.874. The number of hydrogen-bond acceptors (Lipinski definition) is 4. The van der Waals surface area contributed by atoms with E-state index in [4.69, 9.17) is 4.74 Å². The molecule has 0 aliphatic rings. The Kier molecular flexibility index (Phi) is 5.26. The van der Waals surface area contributed by atoms with E-state index in [9.17, 15) is 8.42 Å². The number of benzene rings is 1. The van der Waals surface area contributed by atoms with Crippen molar-refractivity contribution in [2.24, 2.45) is 0 Å². The highest BCUT2D eigenvalue weighted by Crippen LogP contribution is 2.32. The van der Waals surface area contributed by atoms with Crippen LogP contribution in [0.5, 0.6) is 5.75 Å². The average Bonchev–Trinajstić information content (AvgIpc) is 2.47. The van der Waals surface area contributed by atoms with Crippen molar-refractivity contribution < 1.29 is 13.2 Å². The van der Waals surface area contributed by atoms with Crippen LogP contribution in [0.25, 0.3) is 0 Å². The first-order valence-corrected chi connectivity index (χ1v) is 9.04. The van der Waals surface area contributed by atoms with Gasteiger partial charge in [0.05, 0.1) is 11.5 Å². The summed E-state index contributed by atoms with van der Waals surface area (Å²) in [5.41, 5.74) is 1.51. The summed E-state index contributed by atoms with van der Waals surface area (Å²) in [4.78, 5) is 4.25. The summed E-state index contributed by atoms with van der Waals surface area (Å²) < 4.78 is 33.5. The molecule has 23 heavy (non-hydrogen) atoms. The maximum absolute atomic E-state index is 12.7. The smallest absolute Gasteiger partial charge is 0.263 e. The molecule has 0 radical (unpaired) electrons. The Morgan fingerprint density at radius 1 is 1.26 bits per heavy atom. The van der Waals surface area contributed by atoms with Crippen molar-refractivity contribution in [2.75, 3.05) is 11.3 Å². The van der Waals surface area contributed by atoms with Gasteiger partial charge in [-0.25, -0.2) is 13.4 Å². The van der Waals surface area contributed by atoms with Gasteiger partial charge in [0.1, 0.15) is 11.6 Å². The second kappa shape index (κ2) is 7.00. The topological polar surface area (TPSA) is 68.3 Å². The van der Waals surface area contributed by atoms with Crippen molar-refractivity contribution >= 4 is 15.8 Å². The predicted molar refractivity (Wildman–Crippen MR) is 91.5 cm³/mol. The molecule has 0 saturated heterocycles. The van der Waals surface area contributed by atoms with E-state index < -0.39 is 10.0 Å². The van der Waals surface area contributed by atoms with E-state index in [1.54, 1.807) is 43.5 Å². The average molecular weight is 334 g/mol. The SMILES string of the molecule is CCOc1cc(C)c(S(=O)(=O)Nc2ccccn2)cc1C(C)C. The molecule has 1 heterocycles. The zero-order chi connectivity index (χ0) is 17.0. The Labute approximate surface area is 137 Å². The monoisotopic (exact) mass is 334 g/mol. The number of ether oxygens (including phenoxy) is 1. The fraction of sp³-hybridized carbons (Fsp3) is 0.353. The van der Waals surface area contributed by atoms with Crippen LogP contribution in [-0.2, 0) is 10.0 Å². The maximum Gasteiger partial charge on any atom is 0.263 e. The number of rotatable bonds is 6. The molecule has 0 unspecified atom stereocenters. The van der Waals surface area contributed by atoms with Crippen LogP contribution in [0.1, 0.15) is 37.8 Å². The molecule has 1 aromatic carbocycles. The molecular formula is C17H22N2O3S. The van der Waals surface area contributed by atoms with Crippen molar-refractivity contribution in [2.45, 2.75) is 38.5 Å². The molecule has 0 saturated carbocycles. The molecule has 0 fully saturated rings. The third kappa shape index (κ3) is 4.01. The molecule has 5 nitrogen and oxygen atoms in total. The number of hydrogen-bond donors (Lipinski definition) is 1. The standard InChI is InChI=1S/C17H22N2O3S/c1-5-22-15-10-13(4)16(11-14(15)12(2)3)23(20,21)19-17-8-6-7-9-18-17/h6-12H,5H2,1-4H3,(H,18,19). The Bertz CT molecular complexity index is 772. The van der Waals surface area contributed by atoms with Crippen LogP contribution in [0.15, 0.2) is 41.4 Å². The highest BCUT2D eigenvalue weighted by molar-refractivity contribution is 7.92. The van der Waals surface area contributed by atoms with E-state index in [0.29, 0.717) is 18.0 Å². The molecule has 0 amide bonds. The summed E-state index contributed by atoms with van der Waals surface area (Å²) in [6.45, 7) is 8.23. The van der Waals surface area contributed by atoms with E-state index in [1.165, 1.54) is 0 Å². The highest BCUT2D eigenvalue weighted by Gasteiger charge is 2.21. The maximum atomic E-state index is 12.7. The highest BCUT2D eigenvalue weighted by atomic mass is 32.2. The molecule has 0 aliphatic heterocycles. The normalized spacial score (nSPS) is 11.5. The molecule has 0 aliphatic carbocycles. The summed E-state index contributed by atoms with van der Waals surface area (Å²) in [6, 6.07) is 8.55. The van der Waals surface area contributed by atoms with E-state index in [2.05, 4.69) is 9.71 Å². The summed E-state index contributed by atoms with van der Waals surface area (Å²) in [6.07, 6.45) is 1.54. The fourth-order valence-corrected chi connectivity index (χ4v) is 3.59. The lowest BCUT2D eigenvalue weighted by Crippen LogP contribution is -2.16. The molecule has 0 bridgehead atoms. The first kappa shape index (κ1) is 17.3. The Morgan fingerprint density at radius 2 is 2.00 bits per heavy atom. The van der Waals surface area contributed by atoms with Gasteiger partial charge in [0, 0.05) is 6.20 Å². The first-order chi connectivity index (χ1) is 10.8. The fourth-order valence-electron chi connectivity index (χ4n) is 2.31. The van der Waals surface area contributed by atoms with Gasteiger partial charge in [-0.3, -0.25) is 4.72 Å². The van der Waals surface area contributed by atoms with Crippen molar-refractivity contribution in [3.63, 3.8) is 0 Å². The van der Waals surface area contributed by atoms with Gasteiger partial charge in [-0.2, -0.15) is 0 Å². The second-order valence-electron chi connectivity index (χ2n) is 5.56. The van der Waals surface area contributed by atoms with E-state index >= 15 is 0 Å². The molecule has 1 aromatic heterocycles. The van der Waals surface area contributed by atoms with Crippen LogP contribution in [0.4, 0.5) is 5.82 Å². The predicted octanol–water partition coefficient (Wildman–Crippen LogP) is 3.71. The van der Waals surface area contributed by atoms with Gasteiger partial charge in [-0.05, 0) is 55.2 Å². The Balaban J connectivity index is 2.47. The van der Waals surface area contributed by atoms with Gasteiger partial charge in [0.15, 0.2) is 0 Å². The molecule has 1 N–H and O–H groups in total. The first-order valence-electron chi connectivity index (χ1n) is 7.56. The van der Waals surface area contributed by atoms with Gasteiger partial charge < -0.3 is 4.74 Å². The molecule has 2 aromatic rings. The lowest BCUT2D eigenvalue weighted by molar-refractivity contribution is 0.334. The van der Waals surface area contributed by atoms with Crippen LogP contribution >= 0.6 is 0 Å². The number of nitrogens with zero attached hydrogens (tertiary/aromatic N) is 1.